The van der Waals surface area contributed by atoms with Gasteiger partial charge in [0.1, 0.15) is 0 Å². The fraction of sp³-hybridized carbons (Fsp3) is 0.909. The zero-order chi connectivity index (χ0) is 10.4. The summed E-state index contributed by atoms with van der Waals surface area (Å²) >= 11 is 0. The van der Waals surface area contributed by atoms with Crippen LogP contribution in [0.15, 0.2) is 0 Å². The maximum Gasteiger partial charge on any atom is 0.222 e. The fourth-order valence-electron chi connectivity index (χ4n) is 1.84. The minimum absolute atomic E-state index is 0.335. The van der Waals surface area contributed by atoms with Gasteiger partial charge in [-0.15, -0.1) is 0 Å². The first-order chi connectivity index (χ1) is 6.74. The number of nitrogens with zero attached hydrogens (tertiary/aromatic N) is 1. The van der Waals surface area contributed by atoms with Crippen molar-refractivity contribution in [2.24, 2.45) is 0 Å². The number of likely N-dealkylation sites (tertiary alicyclic amines) is 1. The predicted octanol–water partition coefficient (Wildman–Crippen LogP) is 1.39. The summed E-state index contributed by atoms with van der Waals surface area (Å²) in [5.74, 6) is 0.335. The van der Waals surface area contributed by atoms with E-state index in [9.17, 15) is 4.79 Å². The van der Waals surface area contributed by atoms with Gasteiger partial charge in [-0.05, 0) is 32.7 Å². The molecule has 1 aliphatic heterocycles. The zero-order valence-corrected chi connectivity index (χ0v) is 9.38. The number of piperidine rings is 1. The molecule has 0 radical (unpaired) electrons. The minimum Gasteiger partial charge on any atom is -0.341 e. The molecule has 3 nitrogen and oxygen atoms in total. The van der Waals surface area contributed by atoms with Gasteiger partial charge in [-0.25, -0.2) is 0 Å². The Labute approximate surface area is 86.9 Å². The lowest BCUT2D eigenvalue weighted by Gasteiger charge is -2.29. The molecule has 1 N–H and O–H groups in total. The molecule has 1 aliphatic rings. The summed E-state index contributed by atoms with van der Waals surface area (Å²) in [7, 11) is 0. The number of carbonyl (C=O) groups excluding carboxylic acids is 1. The number of nitrogens with one attached hydrogen (secondary N) is 1. The van der Waals surface area contributed by atoms with Crippen LogP contribution in [0.2, 0.25) is 0 Å². The Balaban J connectivity index is 2.23. The highest BCUT2D eigenvalue weighted by atomic mass is 16.2. The van der Waals surface area contributed by atoms with Crippen molar-refractivity contribution in [3.05, 3.63) is 0 Å². The van der Waals surface area contributed by atoms with E-state index < -0.39 is 0 Å². The molecule has 0 saturated carbocycles. The van der Waals surface area contributed by atoms with Crippen LogP contribution in [0.5, 0.6) is 0 Å². The Bertz CT molecular complexity index is 182. The summed E-state index contributed by atoms with van der Waals surface area (Å²) in [5, 5.41) is 3.41. The van der Waals surface area contributed by atoms with Gasteiger partial charge in [-0.1, -0.05) is 6.92 Å². The molecule has 0 spiro atoms. The number of rotatable bonds is 5. The van der Waals surface area contributed by atoms with E-state index in [4.69, 9.17) is 0 Å². The number of amides is 1. The van der Waals surface area contributed by atoms with Gasteiger partial charge >= 0.3 is 0 Å². The Kier molecular flexibility index (Phi) is 4.94. The second-order valence-electron chi connectivity index (χ2n) is 4.15. The molecule has 1 heterocycles. The highest BCUT2D eigenvalue weighted by Crippen LogP contribution is 2.10. The fourth-order valence-corrected chi connectivity index (χ4v) is 1.84. The predicted molar refractivity (Wildman–Crippen MR) is 58.2 cm³/mol. The van der Waals surface area contributed by atoms with Crippen LogP contribution in [0.3, 0.4) is 0 Å². The van der Waals surface area contributed by atoms with Crippen molar-refractivity contribution in [2.75, 3.05) is 19.6 Å². The molecule has 0 aliphatic carbocycles. The molecular formula is C11H22N2O. The van der Waals surface area contributed by atoms with Crippen LogP contribution in [0.4, 0.5) is 0 Å². The van der Waals surface area contributed by atoms with Crippen molar-refractivity contribution in [1.82, 2.24) is 10.2 Å². The summed E-state index contributed by atoms with van der Waals surface area (Å²) in [5.41, 5.74) is 0. The molecule has 0 aromatic rings. The van der Waals surface area contributed by atoms with Crippen molar-refractivity contribution in [3.8, 4) is 0 Å². The van der Waals surface area contributed by atoms with Gasteiger partial charge < -0.3 is 10.2 Å². The van der Waals surface area contributed by atoms with E-state index in [2.05, 4.69) is 19.2 Å². The van der Waals surface area contributed by atoms with E-state index >= 15 is 0 Å². The monoisotopic (exact) mass is 198 g/mol. The molecule has 1 atom stereocenters. The molecule has 3 heteroatoms. The smallest absolute Gasteiger partial charge is 0.222 e. The van der Waals surface area contributed by atoms with Crippen molar-refractivity contribution < 1.29 is 4.79 Å². The third-order valence-electron chi connectivity index (χ3n) is 2.66. The van der Waals surface area contributed by atoms with Crippen LogP contribution in [-0.4, -0.2) is 36.5 Å². The first-order valence-corrected chi connectivity index (χ1v) is 5.75. The molecule has 1 rings (SSSR count). The summed E-state index contributed by atoms with van der Waals surface area (Å²) in [4.78, 5) is 13.5. The summed E-state index contributed by atoms with van der Waals surface area (Å²) in [6.45, 7) is 7.18. The first-order valence-electron chi connectivity index (χ1n) is 5.75. The van der Waals surface area contributed by atoms with E-state index in [0.29, 0.717) is 11.9 Å². The second-order valence-corrected chi connectivity index (χ2v) is 4.15. The minimum atomic E-state index is 0.335. The quantitative estimate of drug-likeness (QED) is 0.724. The standard InChI is InChI=1S/C11H22N2O/c1-3-7-12-10(2)9-13-8-5-4-6-11(13)14/h10,12H,3-9H2,1-2H3. The largest absolute Gasteiger partial charge is 0.341 e. The maximum absolute atomic E-state index is 11.5. The van der Waals surface area contributed by atoms with Gasteiger partial charge in [0.15, 0.2) is 0 Å². The van der Waals surface area contributed by atoms with Crippen molar-refractivity contribution in [3.63, 3.8) is 0 Å². The molecule has 1 saturated heterocycles. The van der Waals surface area contributed by atoms with E-state index in [0.717, 1.165) is 38.9 Å². The van der Waals surface area contributed by atoms with Gasteiger partial charge in [0.25, 0.3) is 0 Å². The van der Waals surface area contributed by atoms with E-state index in [-0.39, 0.29) is 0 Å². The maximum atomic E-state index is 11.5. The lowest BCUT2D eigenvalue weighted by molar-refractivity contribution is -0.133. The Morgan fingerprint density at radius 1 is 1.50 bits per heavy atom. The number of hydrogen-bond donors (Lipinski definition) is 1. The van der Waals surface area contributed by atoms with Gasteiger partial charge in [0.2, 0.25) is 5.91 Å². The van der Waals surface area contributed by atoms with Crippen LogP contribution in [-0.2, 0) is 4.79 Å². The highest BCUT2D eigenvalue weighted by Gasteiger charge is 2.19. The topological polar surface area (TPSA) is 32.3 Å². The molecule has 0 aromatic carbocycles. The highest BCUT2D eigenvalue weighted by molar-refractivity contribution is 5.76. The van der Waals surface area contributed by atoms with Crippen LogP contribution < -0.4 is 5.32 Å². The summed E-state index contributed by atoms with van der Waals surface area (Å²) in [6, 6.07) is 0.428. The molecule has 0 aromatic heterocycles. The van der Waals surface area contributed by atoms with Crippen molar-refractivity contribution in [2.45, 2.75) is 45.6 Å². The van der Waals surface area contributed by atoms with Gasteiger partial charge in [0.05, 0.1) is 0 Å². The Hall–Kier alpha value is -0.570. The molecule has 82 valence electrons. The van der Waals surface area contributed by atoms with Crippen LogP contribution in [0.1, 0.15) is 39.5 Å². The lowest BCUT2D eigenvalue weighted by Crippen LogP contribution is -2.44. The lowest BCUT2D eigenvalue weighted by atomic mass is 10.1. The molecule has 14 heavy (non-hydrogen) atoms. The van der Waals surface area contributed by atoms with Gasteiger partial charge in [0, 0.05) is 25.6 Å². The normalized spacial score (nSPS) is 19.9. The van der Waals surface area contributed by atoms with E-state index in [1.807, 2.05) is 4.90 Å². The molecule has 0 bridgehead atoms. The van der Waals surface area contributed by atoms with Crippen LogP contribution in [0, 0.1) is 0 Å². The third kappa shape index (κ3) is 3.66. The molecular weight excluding hydrogens is 176 g/mol. The van der Waals surface area contributed by atoms with Crippen molar-refractivity contribution >= 4 is 5.91 Å². The average molecular weight is 198 g/mol. The van der Waals surface area contributed by atoms with Gasteiger partial charge in [-0.3, -0.25) is 4.79 Å². The van der Waals surface area contributed by atoms with E-state index in [1.165, 1.54) is 6.42 Å². The molecule has 1 unspecified atom stereocenters. The SMILES string of the molecule is CCCNC(C)CN1CCCCC1=O. The Morgan fingerprint density at radius 2 is 2.29 bits per heavy atom. The van der Waals surface area contributed by atoms with Crippen LogP contribution >= 0.6 is 0 Å². The third-order valence-corrected chi connectivity index (χ3v) is 2.66. The van der Waals surface area contributed by atoms with Gasteiger partial charge in [-0.2, -0.15) is 0 Å². The van der Waals surface area contributed by atoms with Crippen molar-refractivity contribution in [1.29, 1.82) is 0 Å². The van der Waals surface area contributed by atoms with E-state index in [1.54, 1.807) is 0 Å². The molecule has 1 fully saturated rings. The summed E-state index contributed by atoms with van der Waals surface area (Å²) in [6.07, 6.45) is 4.15. The first kappa shape index (κ1) is 11.5. The Morgan fingerprint density at radius 3 is 2.93 bits per heavy atom. The average Bonchev–Trinajstić information content (AvgIpc) is 2.18. The summed E-state index contributed by atoms with van der Waals surface area (Å²) < 4.78 is 0. The molecule has 1 amide bonds. The number of hydrogen-bond acceptors (Lipinski definition) is 2. The zero-order valence-electron chi connectivity index (χ0n) is 9.38. The number of carbonyl (C=O) groups is 1. The second kappa shape index (κ2) is 6.02. The van der Waals surface area contributed by atoms with Crippen LogP contribution in [0.25, 0.3) is 0 Å².